The Morgan fingerprint density at radius 3 is 2.44 bits per heavy atom. The molecule has 0 heterocycles. The summed E-state index contributed by atoms with van der Waals surface area (Å²) in [5.74, 6) is -0.769. The molecule has 0 bridgehead atoms. The monoisotopic (exact) mass is 263 g/mol. The molecule has 1 aromatic rings. The van der Waals surface area contributed by atoms with Gasteiger partial charge in [-0.05, 0) is 12.1 Å². The van der Waals surface area contributed by atoms with Gasteiger partial charge in [-0.15, -0.1) is 0 Å². The minimum Gasteiger partial charge on any atom is -0.424 e. The number of benzene rings is 1. The first kappa shape index (κ1) is 13.8. The van der Waals surface area contributed by atoms with Gasteiger partial charge in [-0.2, -0.15) is 8.78 Å². The lowest BCUT2D eigenvalue weighted by molar-refractivity contribution is -0.193. The zero-order valence-corrected chi connectivity index (χ0v) is 8.75. The number of hydrogen-bond donors (Lipinski definition) is 3. The highest BCUT2D eigenvalue weighted by molar-refractivity contribution is 5.96. The summed E-state index contributed by atoms with van der Waals surface area (Å²) in [6, 6.07) is 2.70. The number of alkyl halides is 2. The molecule has 0 saturated carbocycles. The molecule has 0 aliphatic carbocycles. The summed E-state index contributed by atoms with van der Waals surface area (Å²) >= 11 is 0. The Labute approximate surface area is 98.7 Å². The Balaban J connectivity index is 3.16. The van der Waals surface area contributed by atoms with Crippen molar-refractivity contribution in [1.29, 1.82) is 0 Å². The van der Waals surface area contributed by atoms with Crippen LogP contribution in [0.25, 0.3) is 0 Å². The topological polar surface area (TPSA) is 107 Å². The highest BCUT2D eigenvalue weighted by Gasteiger charge is 2.42. The van der Waals surface area contributed by atoms with E-state index in [-0.39, 0.29) is 0 Å². The molecule has 0 saturated heterocycles. The quantitative estimate of drug-likeness (QED) is 0.400. The van der Waals surface area contributed by atoms with E-state index < -0.39 is 35.1 Å². The zero-order chi connectivity index (χ0) is 13.9. The molecule has 0 unspecified atom stereocenters. The van der Waals surface area contributed by atoms with E-state index in [0.717, 1.165) is 23.6 Å². The van der Waals surface area contributed by atoms with Gasteiger partial charge in [-0.3, -0.25) is 15.0 Å². The number of carbonyl (C=O) groups excluding carboxylic acids is 2. The van der Waals surface area contributed by atoms with Crippen LogP contribution in [0.2, 0.25) is 0 Å². The number of primary amides is 1. The van der Waals surface area contributed by atoms with Crippen LogP contribution in [0.3, 0.4) is 0 Å². The molecule has 0 spiro atoms. The van der Waals surface area contributed by atoms with Crippen molar-refractivity contribution >= 4 is 11.8 Å². The van der Waals surface area contributed by atoms with Crippen LogP contribution < -0.4 is 21.7 Å². The lowest BCUT2D eigenvalue weighted by Crippen LogP contribution is -2.47. The maximum absolute atomic E-state index is 13.2. The highest BCUT2D eigenvalue weighted by atomic mass is 19.3. The second-order valence-electron chi connectivity index (χ2n) is 3.07. The lowest BCUT2D eigenvalue weighted by atomic mass is 10.2. The normalized spacial score (nSPS) is 10.9. The number of hydrogen-bond acceptors (Lipinski definition) is 4. The summed E-state index contributed by atoms with van der Waals surface area (Å²) < 4.78 is 43.3. The second kappa shape index (κ2) is 4.92. The number of halogens is 3. The minimum absolute atomic E-state index is 0.827. The van der Waals surface area contributed by atoms with Crippen molar-refractivity contribution in [2.24, 2.45) is 11.6 Å². The van der Waals surface area contributed by atoms with Crippen molar-refractivity contribution < 1.29 is 27.5 Å². The second-order valence-corrected chi connectivity index (χ2v) is 3.07. The van der Waals surface area contributed by atoms with Crippen LogP contribution in [-0.4, -0.2) is 17.9 Å². The van der Waals surface area contributed by atoms with Gasteiger partial charge in [0.05, 0.1) is 0 Å². The highest BCUT2D eigenvalue weighted by Crippen LogP contribution is 2.27. The molecule has 1 aromatic carbocycles. The summed E-state index contributed by atoms with van der Waals surface area (Å²) in [5, 5.41) is 0. The van der Waals surface area contributed by atoms with E-state index in [0.29, 0.717) is 0 Å². The van der Waals surface area contributed by atoms with Crippen LogP contribution in [0.15, 0.2) is 18.2 Å². The van der Waals surface area contributed by atoms with Gasteiger partial charge >= 0.3 is 12.0 Å². The van der Waals surface area contributed by atoms with Crippen molar-refractivity contribution in [2.45, 2.75) is 6.11 Å². The SMILES string of the molecule is NNC(=O)C(F)(F)Oc1cccc(F)c1C(N)=O. The Hall–Kier alpha value is -2.29. The molecule has 5 N–H and O–H groups in total. The summed E-state index contributed by atoms with van der Waals surface area (Å²) in [7, 11) is 0. The average molecular weight is 263 g/mol. The van der Waals surface area contributed by atoms with Gasteiger partial charge in [0.1, 0.15) is 17.1 Å². The van der Waals surface area contributed by atoms with E-state index in [4.69, 9.17) is 5.73 Å². The van der Waals surface area contributed by atoms with Gasteiger partial charge in [-0.25, -0.2) is 10.2 Å². The van der Waals surface area contributed by atoms with Crippen LogP contribution >= 0.6 is 0 Å². The molecule has 6 nitrogen and oxygen atoms in total. The van der Waals surface area contributed by atoms with Crippen LogP contribution in [0, 0.1) is 5.82 Å². The van der Waals surface area contributed by atoms with Crippen molar-refractivity contribution in [3.05, 3.63) is 29.6 Å². The predicted octanol–water partition coefficient (Wildman–Crippen LogP) is -0.114. The van der Waals surface area contributed by atoms with Crippen molar-refractivity contribution in [1.82, 2.24) is 5.43 Å². The minimum atomic E-state index is -4.37. The maximum atomic E-state index is 13.2. The first-order valence-corrected chi connectivity index (χ1v) is 4.45. The van der Waals surface area contributed by atoms with Crippen LogP contribution in [0.1, 0.15) is 10.4 Å². The average Bonchev–Trinajstić information content (AvgIpc) is 2.26. The number of amides is 2. The fourth-order valence-electron chi connectivity index (χ4n) is 1.10. The molecule has 9 heteroatoms. The van der Waals surface area contributed by atoms with E-state index >= 15 is 0 Å². The van der Waals surface area contributed by atoms with Crippen molar-refractivity contribution in [2.75, 3.05) is 0 Å². The van der Waals surface area contributed by atoms with Crippen LogP contribution in [0.4, 0.5) is 13.2 Å². The molecular formula is C9H8F3N3O3. The first-order chi connectivity index (χ1) is 8.29. The van der Waals surface area contributed by atoms with Gasteiger partial charge in [-0.1, -0.05) is 6.07 Å². The number of hydrazine groups is 1. The molecule has 0 aliphatic rings. The molecule has 0 atom stereocenters. The van der Waals surface area contributed by atoms with Gasteiger partial charge in [0.2, 0.25) is 0 Å². The molecule has 18 heavy (non-hydrogen) atoms. The third-order valence-electron chi connectivity index (χ3n) is 1.86. The zero-order valence-electron chi connectivity index (χ0n) is 8.75. The lowest BCUT2D eigenvalue weighted by Gasteiger charge is -2.17. The standard InChI is InChI=1S/C9H8F3N3O3/c10-4-2-1-3-5(6(4)7(13)16)18-9(11,12)8(17)15-14/h1-3H,14H2,(H2,13,16)(H,15,17). The Bertz CT molecular complexity index is 493. The molecule has 0 aromatic heterocycles. The van der Waals surface area contributed by atoms with E-state index in [2.05, 4.69) is 10.6 Å². The Morgan fingerprint density at radius 1 is 1.33 bits per heavy atom. The number of ether oxygens (including phenoxy) is 1. The van der Waals surface area contributed by atoms with Gasteiger partial charge in [0, 0.05) is 0 Å². The van der Waals surface area contributed by atoms with Crippen LogP contribution in [0.5, 0.6) is 5.75 Å². The van der Waals surface area contributed by atoms with E-state index in [9.17, 15) is 22.8 Å². The molecule has 0 fully saturated rings. The Kier molecular flexibility index (Phi) is 3.76. The van der Waals surface area contributed by atoms with Crippen LogP contribution in [-0.2, 0) is 4.79 Å². The fraction of sp³-hybridized carbons (Fsp3) is 0.111. The molecule has 0 aliphatic heterocycles. The van der Waals surface area contributed by atoms with Gasteiger partial charge in [0.15, 0.2) is 0 Å². The predicted molar refractivity (Wildman–Crippen MR) is 52.8 cm³/mol. The molecular weight excluding hydrogens is 255 g/mol. The molecule has 0 radical (unpaired) electrons. The number of carbonyl (C=O) groups is 2. The summed E-state index contributed by atoms with van der Waals surface area (Å²) in [6.45, 7) is 0. The largest absolute Gasteiger partial charge is 0.483 e. The number of nitrogens with two attached hydrogens (primary N) is 2. The third kappa shape index (κ3) is 2.69. The first-order valence-electron chi connectivity index (χ1n) is 4.45. The molecule has 2 amide bonds. The summed E-state index contributed by atoms with van der Waals surface area (Å²) in [5.41, 5.74) is 5.09. The molecule has 1 rings (SSSR count). The van der Waals surface area contributed by atoms with Gasteiger partial charge < -0.3 is 10.5 Å². The number of rotatable bonds is 4. The van der Waals surface area contributed by atoms with Crippen molar-refractivity contribution in [3.63, 3.8) is 0 Å². The smallest absolute Gasteiger partial charge is 0.424 e. The van der Waals surface area contributed by atoms with E-state index in [1.165, 1.54) is 0 Å². The third-order valence-corrected chi connectivity index (χ3v) is 1.86. The summed E-state index contributed by atoms with van der Waals surface area (Å²) in [6.07, 6.45) is -4.37. The van der Waals surface area contributed by atoms with E-state index in [1.807, 2.05) is 0 Å². The fourth-order valence-corrected chi connectivity index (χ4v) is 1.10. The molecule has 98 valence electrons. The van der Waals surface area contributed by atoms with E-state index in [1.54, 1.807) is 0 Å². The Morgan fingerprint density at radius 2 is 1.94 bits per heavy atom. The number of nitrogens with one attached hydrogen (secondary N) is 1. The van der Waals surface area contributed by atoms with Gasteiger partial charge in [0.25, 0.3) is 5.91 Å². The maximum Gasteiger partial charge on any atom is 0.483 e. The summed E-state index contributed by atoms with van der Waals surface area (Å²) in [4.78, 5) is 21.6. The van der Waals surface area contributed by atoms with Crippen molar-refractivity contribution in [3.8, 4) is 5.75 Å².